The van der Waals surface area contributed by atoms with Gasteiger partial charge in [0, 0.05) is 21.4 Å². The first kappa shape index (κ1) is 15.1. The van der Waals surface area contributed by atoms with Gasteiger partial charge in [0.2, 0.25) is 0 Å². The topological polar surface area (TPSA) is 21.3 Å². The second-order valence-corrected chi connectivity index (χ2v) is 6.31. The minimum Gasteiger partial charge on any atom is -0.488 e. The van der Waals surface area contributed by atoms with Gasteiger partial charge in [0.1, 0.15) is 12.4 Å². The molecule has 0 amide bonds. The van der Waals surface area contributed by atoms with Crippen molar-refractivity contribution in [1.82, 2.24) is 5.32 Å². The van der Waals surface area contributed by atoms with Crippen molar-refractivity contribution in [2.24, 2.45) is 0 Å². The van der Waals surface area contributed by atoms with Gasteiger partial charge in [0.25, 0.3) is 0 Å². The van der Waals surface area contributed by atoms with E-state index in [4.69, 9.17) is 4.74 Å². The third-order valence-electron chi connectivity index (χ3n) is 3.50. The van der Waals surface area contributed by atoms with E-state index in [1.165, 1.54) is 20.9 Å². The molecule has 0 aliphatic rings. The molecule has 0 aliphatic carbocycles. The maximum absolute atomic E-state index is 6.03. The number of thiophene rings is 1. The van der Waals surface area contributed by atoms with E-state index in [-0.39, 0.29) is 0 Å². The highest BCUT2D eigenvalue weighted by atomic mass is 32.1. The predicted octanol–water partition coefficient (Wildman–Crippen LogP) is 4.48. The molecule has 1 atom stereocenters. The molecule has 1 aromatic heterocycles. The second kappa shape index (κ2) is 6.91. The molecule has 2 aromatic rings. The Hall–Kier alpha value is -1.32. The molecule has 0 radical (unpaired) electrons. The lowest BCUT2D eigenvalue weighted by molar-refractivity contribution is 0.303. The van der Waals surface area contributed by atoms with Crippen LogP contribution < -0.4 is 10.1 Å². The molecule has 108 valence electrons. The fourth-order valence-electron chi connectivity index (χ4n) is 2.13. The van der Waals surface area contributed by atoms with Crippen LogP contribution in [-0.2, 0) is 13.0 Å². The largest absolute Gasteiger partial charge is 0.488 e. The van der Waals surface area contributed by atoms with E-state index in [0.717, 1.165) is 12.2 Å². The lowest BCUT2D eigenvalue weighted by atomic mass is 10.0. The summed E-state index contributed by atoms with van der Waals surface area (Å²) >= 11 is 1.83. The summed E-state index contributed by atoms with van der Waals surface area (Å²) in [7, 11) is 1.98. The van der Waals surface area contributed by atoms with Gasteiger partial charge >= 0.3 is 0 Å². The van der Waals surface area contributed by atoms with E-state index in [0.29, 0.717) is 12.6 Å². The van der Waals surface area contributed by atoms with Gasteiger partial charge < -0.3 is 10.1 Å². The van der Waals surface area contributed by atoms with E-state index >= 15 is 0 Å². The molecule has 0 saturated carbocycles. The van der Waals surface area contributed by atoms with E-state index in [1.807, 2.05) is 18.4 Å². The Morgan fingerprint density at radius 2 is 1.95 bits per heavy atom. The normalized spacial score (nSPS) is 12.4. The Labute approximate surface area is 125 Å². The summed E-state index contributed by atoms with van der Waals surface area (Å²) in [5.74, 6) is 0.976. The molecule has 1 heterocycles. The van der Waals surface area contributed by atoms with Crippen LogP contribution in [0.15, 0.2) is 30.3 Å². The Kier molecular flexibility index (Phi) is 5.21. The first-order valence-corrected chi connectivity index (χ1v) is 7.94. The number of hydrogen-bond acceptors (Lipinski definition) is 3. The maximum atomic E-state index is 6.03. The average molecular weight is 289 g/mol. The third-order valence-corrected chi connectivity index (χ3v) is 4.70. The second-order valence-electron chi connectivity index (χ2n) is 5.06. The summed E-state index contributed by atoms with van der Waals surface area (Å²) in [4.78, 5) is 2.70. The van der Waals surface area contributed by atoms with Gasteiger partial charge in [-0.3, -0.25) is 0 Å². The molecule has 0 spiro atoms. The average Bonchev–Trinajstić information content (AvgIpc) is 2.93. The van der Waals surface area contributed by atoms with Crippen molar-refractivity contribution in [2.45, 2.75) is 39.8 Å². The van der Waals surface area contributed by atoms with Crippen LogP contribution in [0.25, 0.3) is 0 Å². The van der Waals surface area contributed by atoms with Crippen molar-refractivity contribution in [3.05, 3.63) is 51.2 Å². The fraction of sp³-hybridized carbons (Fsp3) is 0.412. The maximum Gasteiger partial charge on any atom is 0.124 e. The number of nitrogens with one attached hydrogen (secondary N) is 1. The number of benzene rings is 1. The summed E-state index contributed by atoms with van der Waals surface area (Å²) in [5, 5.41) is 3.28. The standard InChI is InChI=1S/C17H23NOS/c1-5-14-7-8-15(20-14)11-19-17-9-6-12(2)10-16(17)13(3)18-4/h6-10,13,18H,5,11H2,1-4H3. The lowest BCUT2D eigenvalue weighted by Crippen LogP contribution is -2.14. The zero-order chi connectivity index (χ0) is 14.5. The zero-order valence-electron chi connectivity index (χ0n) is 12.7. The smallest absolute Gasteiger partial charge is 0.124 e. The highest BCUT2D eigenvalue weighted by Gasteiger charge is 2.11. The van der Waals surface area contributed by atoms with Crippen molar-refractivity contribution in [3.8, 4) is 5.75 Å². The quantitative estimate of drug-likeness (QED) is 0.846. The Bertz CT molecular complexity index is 562. The molecule has 1 N–H and O–H groups in total. The van der Waals surface area contributed by atoms with Crippen LogP contribution in [-0.4, -0.2) is 7.05 Å². The van der Waals surface area contributed by atoms with Crippen LogP contribution >= 0.6 is 11.3 Å². The summed E-state index contributed by atoms with van der Waals surface area (Å²) in [6.07, 6.45) is 1.09. The van der Waals surface area contributed by atoms with Gasteiger partial charge in [0.15, 0.2) is 0 Å². The van der Waals surface area contributed by atoms with Crippen LogP contribution in [0.2, 0.25) is 0 Å². The monoisotopic (exact) mass is 289 g/mol. The molecule has 20 heavy (non-hydrogen) atoms. The van der Waals surface area contributed by atoms with Crippen LogP contribution in [0, 0.1) is 6.92 Å². The van der Waals surface area contributed by atoms with Gasteiger partial charge in [-0.1, -0.05) is 24.6 Å². The fourth-order valence-corrected chi connectivity index (χ4v) is 3.00. The lowest BCUT2D eigenvalue weighted by Gasteiger charge is -2.17. The van der Waals surface area contributed by atoms with Gasteiger partial charge in [-0.05, 0) is 45.5 Å². The Morgan fingerprint density at radius 1 is 1.20 bits per heavy atom. The van der Waals surface area contributed by atoms with Crippen molar-refractivity contribution >= 4 is 11.3 Å². The zero-order valence-corrected chi connectivity index (χ0v) is 13.5. The van der Waals surface area contributed by atoms with Gasteiger partial charge in [0.05, 0.1) is 0 Å². The molecule has 0 aliphatic heterocycles. The highest BCUT2D eigenvalue weighted by Crippen LogP contribution is 2.28. The minimum atomic E-state index is 0.291. The van der Waals surface area contributed by atoms with Gasteiger partial charge in [-0.2, -0.15) is 0 Å². The van der Waals surface area contributed by atoms with Gasteiger partial charge in [-0.15, -0.1) is 11.3 Å². The third kappa shape index (κ3) is 3.62. The molecule has 0 saturated heterocycles. The molecule has 0 fully saturated rings. The van der Waals surface area contributed by atoms with Crippen LogP contribution in [0.1, 0.15) is 40.8 Å². The first-order valence-electron chi connectivity index (χ1n) is 7.12. The highest BCUT2D eigenvalue weighted by molar-refractivity contribution is 7.11. The molecule has 3 heteroatoms. The van der Waals surface area contributed by atoms with Crippen molar-refractivity contribution in [3.63, 3.8) is 0 Å². The molecule has 2 rings (SSSR count). The molecule has 1 unspecified atom stereocenters. The summed E-state index contributed by atoms with van der Waals surface area (Å²) in [5.41, 5.74) is 2.48. The minimum absolute atomic E-state index is 0.291. The number of aryl methyl sites for hydroxylation is 2. The molecule has 1 aromatic carbocycles. The van der Waals surface area contributed by atoms with Crippen LogP contribution in [0.5, 0.6) is 5.75 Å². The van der Waals surface area contributed by atoms with Crippen LogP contribution in [0.4, 0.5) is 0 Å². The SMILES string of the molecule is CCc1ccc(COc2ccc(C)cc2C(C)NC)s1. The summed E-state index contributed by atoms with van der Waals surface area (Å²) in [6.45, 7) is 7.10. The molecule has 2 nitrogen and oxygen atoms in total. The number of rotatable bonds is 6. The first-order chi connectivity index (χ1) is 9.63. The Morgan fingerprint density at radius 3 is 2.60 bits per heavy atom. The Balaban J connectivity index is 2.12. The molecular weight excluding hydrogens is 266 g/mol. The summed E-state index contributed by atoms with van der Waals surface area (Å²) in [6, 6.07) is 11.0. The van der Waals surface area contributed by atoms with Crippen LogP contribution in [0.3, 0.4) is 0 Å². The van der Waals surface area contributed by atoms with E-state index in [2.05, 4.69) is 56.4 Å². The molecular formula is C17H23NOS. The van der Waals surface area contributed by atoms with Gasteiger partial charge in [-0.25, -0.2) is 0 Å². The van der Waals surface area contributed by atoms with Crippen molar-refractivity contribution in [2.75, 3.05) is 7.05 Å². The van der Waals surface area contributed by atoms with Crippen molar-refractivity contribution < 1.29 is 4.74 Å². The number of ether oxygens (including phenoxy) is 1. The summed E-state index contributed by atoms with van der Waals surface area (Å²) < 4.78 is 6.03. The van der Waals surface area contributed by atoms with E-state index in [9.17, 15) is 0 Å². The van der Waals surface area contributed by atoms with E-state index < -0.39 is 0 Å². The molecule has 0 bridgehead atoms. The van der Waals surface area contributed by atoms with Crippen molar-refractivity contribution in [1.29, 1.82) is 0 Å². The number of hydrogen-bond donors (Lipinski definition) is 1. The van der Waals surface area contributed by atoms with E-state index in [1.54, 1.807) is 0 Å². The predicted molar refractivity (Wildman–Crippen MR) is 86.7 cm³/mol.